The van der Waals surface area contributed by atoms with Gasteiger partial charge in [-0.3, -0.25) is 0 Å². The Kier molecular flexibility index (Phi) is 2.77. The van der Waals surface area contributed by atoms with Crippen molar-refractivity contribution < 1.29 is 4.42 Å². The molecule has 1 aliphatic rings. The highest BCUT2D eigenvalue weighted by atomic mass is 35.5. The third-order valence-electron chi connectivity index (χ3n) is 3.26. The lowest BCUT2D eigenvalue weighted by molar-refractivity contribution is 0.435. The van der Waals surface area contributed by atoms with Crippen LogP contribution in [0.15, 0.2) is 16.5 Å². The summed E-state index contributed by atoms with van der Waals surface area (Å²) in [6, 6.07) is 3.46. The molecule has 1 N–H and O–H groups in total. The van der Waals surface area contributed by atoms with Crippen LogP contribution in [0.1, 0.15) is 18.7 Å². The van der Waals surface area contributed by atoms with Gasteiger partial charge < -0.3 is 9.73 Å². The molecular formula is C12H12Cl2N2O. The summed E-state index contributed by atoms with van der Waals surface area (Å²) < 4.78 is 5.77. The molecule has 0 bridgehead atoms. The zero-order valence-electron chi connectivity index (χ0n) is 9.34. The Morgan fingerprint density at radius 2 is 2.18 bits per heavy atom. The molecule has 0 radical (unpaired) electrons. The quantitative estimate of drug-likeness (QED) is 0.863. The number of fused-ring (bicyclic) bond motifs is 1. The molecule has 0 aliphatic carbocycles. The van der Waals surface area contributed by atoms with E-state index >= 15 is 0 Å². The average molecular weight is 271 g/mol. The van der Waals surface area contributed by atoms with Crippen LogP contribution < -0.4 is 5.32 Å². The van der Waals surface area contributed by atoms with Crippen LogP contribution in [0.25, 0.3) is 11.1 Å². The van der Waals surface area contributed by atoms with Crippen LogP contribution in [0.5, 0.6) is 0 Å². The Labute approximate surface area is 109 Å². The van der Waals surface area contributed by atoms with Crippen LogP contribution in [-0.4, -0.2) is 18.1 Å². The molecule has 1 aromatic heterocycles. The van der Waals surface area contributed by atoms with E-state index in [0.717, 1.165) is 24.5 Å². The zero-order chi connectivity index (χ0) is 12.0. The third-order valence-corrected chi connectivity index (χ3v) is 3.76. The SMILES string of the molecule is C[C@@H]1CNC[C@H]1c1nc2cc(Cl)cc(Cl)c2o1. The second-order valence-corrected chi connectivity index (χ2v) is 5.37. The molecule has 0 saturated carbocycles. The van der Waals surface area contributed by atoms with Crippen molar-refractivity contribution in [3.63, 3.8) is 0 Å². The maximum Gasteiger partial charge on any atom is 0.200 e. The Bertz CT molecular complexity index is 567. The third kappa shape index (κ3) is 1.92. The molecule has 1 aromatic carbocycles. The predicted molar refractivity (Wildman–Crippen MR) is 68.8 cm³/mol. The molecule has 0 spiro atoms. The number of nitrogens with zero attached hydrogens (tertiary/aromatic N) is 1. The van der Waals surface area contributed by atoms with Crippen molar-refractivity contribution in [2.24, 2.45) is 5.92 Å². The molecule has 90 valence electrons. The zero-order valence-corrected chi connectivity index (χ0v) is 10.8. The molecule has 2 heterocycles. The molecule has 0 unspecified atom stereocenters. The summed E-state index contributed by atoms with van der Waals surface area (Å²) >= 11 is 12.0. The van der Waals surface area contributed by atoms with Crippen molar-refractivity contribution in [1.29, 1.82) is 0 Å². The summed E-state index contributed by atoms with van der Waals surface area (Å²) in [4.78, 5) is 4.49. The first kappa shape index (κ1) is 11.3. The summed E-state index contributed by atoms with van der Waals surface area (Å²) in [5.41, 5.74) is 1.36. The van der Waals surface area contributed by atoms with Gasteiger partial charge in [0.05, 0.1) is 10.9 Å². The second kappa shape index (κ2) is 4.16. The highest BCUT2D eigenvalue weighted by Crippen LogP contribution is 2.33. The van der Waals surface area contributed by atoms with Crippen molar-refractivity contribution >= 4 is 34.3 Å². The lowest BCUT2D eigenvalue weighted by Gasteiger charge is -2.08. The molecule has 5 heteroatoms. The normalized spacial score (nSPS) is 24.6. The van der Waals surface area contributed by atoms with E-state index in [9.17, 15) is 0 Å². The van der Waals surface area contributed by atoms with Crippen molar-refractivity contribution in [1.82, 2.24) is 10.3 Å². The monoisotopic (exact) mass is 270 g/mol. The Hall–Kier alpha value is -0.770. The Morgan fingerprint density at radius 1 is 1.35 bits per heavy atom. The Morgan fingerprint density at radius 3 is 2.88 bits per heavy atom. The summed E-state index contributed by atoms with van der Waals surface area (Å²) in [5, 5.41) is 4.43. The first-order chi connectivity index (χ1) is 8.15. The van der Waals surface area contributed by atoms with Gasteiger partial charge in [0.25, 0.3) is 0 Å². The van der Waals surface area contributed by atoms with Gasteiger partial charge >= 0.3 is 0 Å². The van der Waals surface area contributed by atoms with Gasteiger partial charge in [-0.05, 0) is 24.6 Å². The number of hydrogen-bond acceptors (Lipinski definition) is 3. The summed E-state index contributed by atoms with van der Waals surface area (Å²) in [6.07, 6.45) is 0. The fourth-order valence-electron chi connectivity index (χ4n) is 2.28. The lowest BCUT2D eigenvalue weighted by Crippen LogP contribution is -2.08. The number of benzene rings is 1. The van der Waals surface area contributed by atoms with E-state index < -0.39 is 0 Å². The molecule has 2 atom stereocenters. The molecular weight excluding hydrogens is 259 g/mol. The van der Waals surface area contributed by atoms with Crippen molar-refractivity contribution in [3.8, 4) is 0 Å². The van der Waals surface area contributed by atoms with Crippen LogP contribution in [0.2, 0.25) is 10.0 Å². The van der Waals surface area contributed by atoms with Gasteiger partial charge in [0.15, 0.2) is 11.5 Å². The molecule has 2 aromatic rings. The van der Waals surface area contributed by atoms with Crippen molar-refractivity contribution in [3.05, 3.63) is 28.1 Å². The molecule has 3 rings (SSSR count). The minimum atomic E-state index is 0.317. The number of nitrogens with one attached hydrogen (secondary N) is 1. The predicted octanol–water partition coefficient (Wildman–Crippen LogP) is 3.46. The fourth-order valence-corrected chi connectivity index (χ4v) is 2.80. The van der Waals surface area contributed by atoms with Gasteiger partial charge in [-0.25, -0.2) is 4.98 Å². The maximum atomic E-state index is 6.08. The van der Waals surface area contributed by atoms with Crippen LogP contribution >= 0.6 is 23.2 Å². The summed E-state index contributed by atoms with van der Waals surface area (Å²) in [5.74, 6) is 1.59. The largest absolute Gasteiger partial charge is 0.439 e. The number of oxazole rings is 1. The number of halogens is 2. The lowest BCUT2D eigenvalue weighted by atomic mass is 9.98. The summed E-state index contributed by atoms with van der Waals surface area (Å²) in [6.45, 7) is 4.09. The van der Waals surface area contributed by atoms with E-state index in [2.05, 4.69) is 17.2 Å². The highest BCUT2D eigenvalue weighted by Gasteiger charge is 2.29. The molecule has 0 amide bonds. The smallest absolute Gasteiger partial charge is 0.200 e. The first-order valence-electron chi connectivity index (χ1n) is 5.61. The van der Waals surface area contributed by atoms with E-state index in [1.165, 1.54) is 0 Å². The molecule has 1 aliphatic heterocycles. The standard InChI is InChI=1S/C12H12Cl2N2O/c1-6-4-15-5-8(6)12-16-10-3-7(13)2-9(14)11(10)17-12/h2-3,6,8,15H,4-5H2,1H3/t6-,8-/m1/s1. The van der Waals surface area contributed by atoms with Crippen molar-refractivity contribution in [2.45, 2.75) is 12.8 Å². The molecule has 1 fully saturated rings. The van der Waals surface area contributed by atoms with Gasteiger partial charge in [0.1, 0.15) is 5.52 Å². The van der Waals surface area contributed by atoms with Crippen molar-refractivity contribution in [2.75, 3.05) is 13.1 Å². The van der Waals surface area contributed by atoms with E-state index in [4.69, 9.17) is 27.6 Å². The number of rotatable bonds is 1. The fraction of sp³-hybridized carbons (Fsp3) is 0.417. The van der Waals surface area contributed by atoms with Gasteiger partial charge in [-0.15, -0.1) is 0 Å². The van der Waals surface area contributed by atoms with E-state index in [0.29, 0.717) is 27.5 Å². The second-order valence-electron chi connectivity index (χ2n) is 4.53. The van der Waals surface area contributed by atoms with Crippen LogP contribution in [-0.2, 0) is 0 Å². The maximum absolute atomic E-state index is 6.08. The Balaban J connectivity index is 2.10. The van der Waals surface area contributed by atoms with E-state index in [1.54, 1.807) is 12.1 Å². The summed E-state index contributed by atoms with van der Waals surface area (Å²) in [7, 11) is 0. The minimum Gasteiger partial charge on any atom is -0.439 e. The topological polar surface area (TPSA) is 38.1 Å². The van der Waals surface area contributed by atoms with Crippen LogP contribution in [0.3, 0.4) is 0 Å². The molecule has 3 nitrogen and oxygen atoms in total. The van der Waals surface area contributed by atoms with Gasteiger partial charge in [-0.2, -0.15) is 0 Å². The van der Waals surface area contributed by atoms with Crippen LogP contribution in [0.4, 0.5) is 0 Å². The number of hydrogen-bond donors (Lipinski definition) is 1. The van der Waals surface area contributed by atoms with Crippen LogP contribution in [0, 0.1) is 5.92 Å². The van der Waals surface area contributed by atoms with Gasteiger partial charge in [0, 0.05) is 11.6 Å². The molecule has 1 saturated heterocycles. The first-order valence-corrected chi connectivity index (χ1v) is 6.37. The van der Waals surface area contributed by atoms with E-state index in [-0.39, 0.29) is 0 Å². The average Bonchev–Trinajstić information content (AvgIpc) is 2.83. The number of aromatic nitrogens is 1. The van der Waals surface area contributed by atoms with E-state index in [1.807, 2.05) is 0 Å². The molecule has 17 heavy (non-hydrogen) atoms. The van der Waals surface area contributed by atoms with Gasteiger partial charge in [-0.1, -0.05) is 30.1 Å². The highest BCUT2D eigenvalue weighted by molar-refractivity contribution is 6.37. The minimum absolute atomic E-state index is 0.317. The van der Waals surface area contributed by atoms with Gasteiger partial charge in [0.2, 0.25) is 0 Å².